The molecule has 0 amide bonds. The van der Waals surface area contributed by atoms with Crippen LogP contribution in [0.1, 0.15) is 43.5 Å². The highest BCUT2D eigenvalue weighted by Crippen LogP contribution is 2.47. The number of H-pyrrole nitrogens is 1. The Kier molecular flexibility index (Phi) is 3.72. The summed E-state index contributed by atoms with van der Waals surface area (Å²) in [5.74, 6) is -0.571. The van der Waals surface area contributed by atoms with Crippen LogP contribution in [-0.4, -0.2) is 15.1 Å². The number of nitro groups is 1. The predicted octanol–water partition coefficient (Wildman–Crippen LogP) is 2.83. The van der Waals surface area contributed by atoms with Gasteiger partial charge < -0.3 is 10.5 Å². The molecule has 8 nitrogen and oxygen atoms in total. The van der Waals surface area contributed by atoms with Crippen LogP contribution in [0.3, 0.4) is 0 Å². The van der Waals surface area contributed by atoms with Crippen molar-refractivity contribution in [2.75, 3.05) is 0 Å². The molecular formula is C17H17N5O3. The van der Waals surface area contributed by atoms with Crippen molar-refractivity contribution in [2.24, 2.45) is 5.73 Å². The third-order valence-corrected chi connectivity index (χ3v) is 4.13. The minimum Gasteiger partial charge on any atom is -0.420 e. The molecular weight excluding hydrogens is 322 g/mol. The number of rotatable bonds is 2. The quantitative estimate of drug-likeness (QED) is 0.639. The van der Waals surface area contributed by atoms with E-state index in [1.165, 1.54) is 6.07 Å². The summed E-state index contributed by atoms with van der Waals surface area (Å²) in [4.78, 5) is 11.0. The number of nitrogens with zero attached hydrogens (tertiary/aromatic N) is 3. The van der Waals surface area contributed by atoms with Crippen molar-refractivity contribution in [2.45, 2.75) is 32.1 Å². The Hall–Kier alpha value is -3.34. The lowest BCUT2D eigenvalue weighted by atomic mass is 9.78. The third kappa shape index (κ3) is 2.59. The van der Waals surface area contributed by atoms with Crippen LogP contribution in [0.15, 0.2) is 35.7 Å². The predicted molar refractivity (Wildman–Crippen MR) is 89.7 cm³/mol. The zero-order valence-corrected chi connectivity index (χ0v) is 14.0. The average Bonchev–Trinajstić information content (AvgIpc) is 2.96. The summed E-state index contributed by atoms with van der Waals surface area (Å²) in [6.07, 6.45) is 0. The second kappa shape index (κ2) is 5.63. The van der Waals surface area contributed by atoms with Crippen molar-refractivity contribution in [3.63, 3.8) is 0 Å². The lowest BCUT2D eigenvalue weighted by molar-refractivity contribution is -0.385. The molecule has 0 bridgehead atoms. The van der Waals surface area contributed by atoms with E-state index in [1.54, 1.807) is 18.2 Å². The van der Waals surface area contributed by atoms with Crippen molar-refractivity contribution in [3.8, 4) is 11.9 Å². The number of hydrogen-bond acceptors (Lipinski definition) is 6. The molecule has 0 saturated carbocycles. The molecule has 1 aliphatic heterocycles. The Balaban J connectivity index is 2.34. The van der Waals surface area contributed by atoms with E-state index in [4.69, 9.17) is 10.5 Å². The number of nitrogens with one attached hydrogen (secondary N) is 1. The molecule has 1 aromatic carbocycles. The van der Waals surface area contributed by atoms with Gasteiger partial charge in [0, 0.05) is 22.7 Å². The van der Waals surface area contributed by atoms with E-state index in [1.807, 2.05) is 26.8 Å². The Morgan fingerprint density at radius 1 is 1.40 bits per heavy atom. The van der Waals surface area contributed by atoms with Crippen molar-refractivity contribution in [1.82, 2.24) is 10.2 Å². The maximum Gasteiger partial charge on any atom is 0.273 e. The molecule has 1 atom stereocenters. The zero-order chi connectivity index (χ0) is 18.4. The van der Waals surface area contributed by atoms with Gasteiger partial charge in [-0.05, 0) is 0 Å². The van der Waals surface area contributed by atoms with Crippen LogP contribution in [0.5, 0.6) is 5.88 Å². The molecule has 25 heavy (non-hydrogen) atoms. The van der Waals surface area contributed by atoms with Gasteiger partial charge in [0.15, 0.2) is 0 Å². The molecule has 0 aliphatic carbocycles. The van der Waals surface area contributed by atoms with Crippen LogP contribution < -0.4 is 10.5 Å². The SMILES string of the molecule is CC(C)(C)c1[nH]nc2c1[C@H](c1ccccc1[N+](=O)[O-])C(C#N)=C(N)O2. The van der Waals surface area contributed by atoms with Gasteiger partial charge in [0.25, 0.3) is 5.69 Å². The van der Waals surface area contributed by atoms with Gasteiger partial charge in [0.05, 0.1) is 16.4 Å². The van der Waals surface area contributed by atoms with E-state index in [9.17, 15) is 15.4 Å². The number of ether oxygens (including phenoxy) is 1. The first kappa shape index (κ1) is 16.5. The molecule has 2 aromatic rings. The normalized spacial score (nSPS) is 16.8. The number of benzene rings is 1. The van der Waals surface area contributed by atoms with Crippen LogP contribution in [0.2, 0.25) is 0 Å². The fourth-order valence-corrected chi connectivity index (χ4v) is 3.03. The average molecular weight is 339 g/mol. The second-order valence-electron chi connectivity index (χ2n) is 6.81. The summed E-state index contributed by atoms with van der Waals surface area (Å²) in [5.41, 5.74) is 7.33. The van der Waals surface area contributed by atoms with Crippen molar-refractivity contribution in [1.29, 1.82) is 5.26 Å². The molecule has 3 N–H and O–H groups in total. The second-order valence-corrected chi connectivity index (χ2v) is 6.81. The van der Waals surface area contributed by atoms with Gasteiger partial charge in [0.2, 0.25) is 11.8 Å². The van der Waals surface area contributed by atoms with Crippen molar-refractivity contribution < 1.29 is 9.66 Å². The number of aromatic nitrogens is 2. The molecule has 2 heterocycles. The Labute approximate surface area is 144 Å². The fraction of sp³-hybridized carbons (Fsp3) is 0.294. The van der Waals surface area contributed by atoms with Gasteiger partial charge in [-0.3, -0.25) is 15.2 Å². The molecule has 1 aliphatic rings. The van der Waals surface area contributed by atoms with Gasteiger partial charge in [-0.2, -0.15) is 5.26 Å². The fourth-order valence-electron chi connectivity index (χ4n) is 3.03. The zero-order valence-electron chi connectivity index (χ0n) is 14.0. The van der Waals surface area contributed by atoms with E-state index in [0.717, 1.165) is 5.69 Å². The van der Waals surface area contributed by atoms with Crippen LogP contribution in [0.25, 0.3) is 0 Å². The molecule has 3 rings (SSSR count). The van der Waals surface area contributed by atoms with Crippen LogP contribution in [0.4, 0.5) is 5.69 Å². The van der Waals surface area contributed by atoms with Crippen molar-refractivity contribution in [3.05, 3.63) is 62.7 Å². The highest BCUT2D eigenvalue weighted by atomic mass is 16.6. The van der Waals surface area contributed by atoms with Crippen LogP contribution >= 0.6 is 0 Å². The minimum atomic E-state index is -0.719. The molecule has 0 saturated heterocycles. The number of hydrogen-bond donors (Lipinski definition) is 2. The van der Waals surface area contributed by atoms with E-state index < -0.39 is 10.8 Å². The summed E-state index contributed by atoms with van der Waals surface area (Å²) in [5, 5.41) is 28.2. The molecule has 8 heteroatoms. The maximum absolute atomic E-state index is 11.5. The molecule has 0 spiro atoms. The standard InChI is InChI=1S/C17H17N5O3/c1-17(2,3)14-13-12(9-6-4-5-7-11(9)22(23)24)10(8-18)15(19)25-16(13)21-20-14/h4-7,12H,19H2,1-3H3,(H,20,21)/t12-/m1/s1. The van der Waals surface area contributed by atoms with Gasteiger partial charge >= 0.3 is 0 Å². The highest BCUT2D eigenvalue weighted by Gasteiger charge is 2.40. The number of nitrogens with two attached hydrogens (primary N) is 1. The van der Waals surface area contributed by atoms with Gasteiger partial charge in [-0.1, -0.05) is 39.0 Å². The summed E-state index contributed by atoms with van der Waals surface area (Å²) >= 11 is 0. The first-order valence-electron chi connectivity index (χ1n) is 7.65. The van der Waals surface area contributed by atoms with Crippen LogP contribution in [-0.2, 0) is 5.41 Å². The smallest absolute Gasteiger partial charge is 0.273 e. The number of nitriles is 1. The monoisotopic (exact) mass is 339 g/mol. The lowest BCUT2D eigenvalue weighted by Gasteiger charge is -2.27. The largest absolute Gasteiger partial charge is 0.420 e. The molecule has 0 unspecified atom stereocenters. The number of para-hydroxylation sites is 1. The van der Waals surface area contributed by atoms with Gasteiger partial charge in [-0.25, -0.2) is 0 Å². The summed E-state index contributed by atoms with van der Waals surface area (Å²) < 4.78 is 5.49. The van der Waals surface area contributed by atoms with E-state index >= 15 is 0 Å². The molecule has 1 aromatic heterocycles. The Morgan fingerprint density at radius 3 is 2.68 bits per heavy atom. The number of allylic oxidation sites excluding steroid dienone is 1. The number of aromatic amines is 1. The van der Waals surface area contributed by atoms with Crippen molar-refractivity contribution >= 4 is 5.69 Å². The first-order chi connectivity index (χ1) is 11.8. The summed E-state index contributed by atoms with van der Waals surface area (Å²) in [7, 11) is 0. The third-order valence-electron chi connectivity index (χ3n) is 4.13. The highest BCUT2D eigenvalue weighted by molar-refractivity contribution is 5.60. The van der Waals surface area contributed by atoms with E-state index in [-0.39, 0.29) is 28.4 Å². The van der Waals surface area contributed by atoms with E-state index in [0.29, 0.717) is 11.1 Å². The molecule has 0 radical (unpaired) electrons. The maximum atomic E-state index is 11.5. The lowest BCUT2D eigenvalue weighted by Crippen LogP contribution is -2.24. The first-order valence-corrected chi connectivity index (χ1v) is 7.65. The van der Waals surface area contributed by atoms with Gasteiger partial charge in [-0.15, -0.1) is 5.10 Å². The topological polar surface area (TPSA) is 131 Å². The Bertz CT molecular complexity index is 930. The summed E-state index contributed by atoms with van der Waals surface area (Å²) in [6, 6.07) is 8.36. The molecule has 128 valence electrons. The molecule has 0 fully saturated rings. The number of nitro benzene ring substituents is 1. The number of fused-ring (bicyclic) bond motifs is 1. The Morgan fingerprint density at radius 2 is 2.08 bits per heavy atom. The summed E-state index contributed by atoms with van der Waals surface area (Å²) in [6.45, 7) is 5.93. The minimum absolute atomic E-state index is 0.0815. The van der Waals surface area contributed by atoms with Gasteiger partial charge in [0.1, 0.15) is 11.6 Å². The van der Waals surface area contributed by atoms with E-state index in [2.05, 4.69) is 10.2 Å². The van der Waals surface area contributed by atoms with Crippen LogP contribution in [0, 0.1) is 21.4 Å².